The Morgan fingerprint density at radius 1 is 1.00 bits per heavy atom. The zero-order valence-corrected chi connectivity index (χ0v) is 19.2. The molecule has 1 unspecified atom stereocenters. The number of carbonyl (C=O) groups is 1. The lowest BCUT2D eigenvalue weighted by atomic mass is 10.1. The second-order valence-corrected chi connectivity index (χ2v) is 11.6. The molecule has 0 radical (unpaired) electrons. The highest BCUT2D eigenvalue weighted by Gasteiger charge is 2.39. The smallest absolute Gasteiger partial charge is 0.243 e. The summed E-state index contributed by atoms with van der Waals surface area (Å²) in [4.78, 5) is 12.7. The summed E-state index contributed by atoms with van der Waals surface area (Å²) in [6.07, 6.45) is 1.69. The van der Waals surface area contributed by atoms with Crippen molar-refractivity contribution < 1.29 is 21.6 Å². The van der Waals surface area contributed by atoms with Gasteiger partial charge in [-0.05, 0) is 49.1 Å². The van der Waals surface area contributed by atoms with Crippen molar-refractivity contribution in [2.24, 2.45) is 0 Å². The van der Waals surface area contributed by atoms with Crippen LogP contribution in [0.3, 0.4) is 0 Å². The van der Waals surface area contributed by atoms with Crippen molar-refractivity contribution >= 4 is 26.0 Å². The molecule has 1 aliphatic heterocycles. The van der Waals surface area contributed by atoms with Crippen molar-refractivity contribution in [2.45, 2.75) is 35.1 Å². The fourth-order valence-corrected chi connectivity index (χ4v) is 6.07. The van der Waals surface area contributed by atoms with Crippen LogP contribution in [0.2, 0.25) is 0 Å². The van der Waals surface area contributed by atoms with Gasteiger partial charge in [0.2, 0.25) is 26.0 Å². The van der Waals surface area contributed by atoms with Gasteiger partial charge < -0.3 is 5.32 Å². The minimum atomic E-state index is -3.93. The lowest BCUT2D eigenvalue weighted by Gasteiger charge is -2.23. The van der Waals surface area contributed by atoms with Crippen LogP contribution in [0.5, 0.6) is 0 Å². The third-order valence-electron chi connectivity index (χ3n) is 5.27. The molecule has 168 valence electrons. The van der Waals surface area contributed by atoms with E-state index in [1.54, 1.807) is 0 Å². The number of nitrogens with zero attached hydrogens (tertiary/aromatic N) is 2. The average Bonchev–Trinajstić information content (AvgIpc) is 3.25. The standard InChI is InChI=1S/C21H27N3O5S2/c1-23(2)30(26,27)18-10-12-19(13-11-18)31(28,29)24-16-6-9-20(24)21(25)22-15-14-17-7-4-3-5-8-17/h3-5,7-8,10-13,20H,6,9,14-16H2,1-2H3,(H,22,25). The molecule has 8 nitrogen and oxygen atoms in total. The summed E-state index contributed by atoms with van der Waals surface area (Å²) in [7, 11) is -4.77. The molecule has 0 aromatic heterocycles. The quantitative estimate of drug-likeness (QED) is 0.636. The summed E-state index contributed by atoms with van der Waals surface area (Å²) in [6, 6.07) is 14.0. The molecule has 1 N–H and O–H groups in total. The zero-order valence-electron chi connectivity index (χ0n) is 17.6. The second-order valence-electron chi connectivity index (χ2n) is 7.56. The average molecular weight is 466 g/mol. The van der Waals surface area contributed by atoms with E-state index in [0.717, 1.165) is 9.87 Å². The summed E-state index contributed by atoms with van der Waals surface area (Å²) in [5.41, 5.74) is 1.09. The first-order chi connectivity index (χ1) is 14.6. The lowest BCUT2D eigenvalue weighted by Crippen LogP contribution is -2.46. The Morgan fingerprint density at radius 3 is 2.23 bits per heavy atom. The minimum Gasteiger partial charge on any atom is -0.354 e. The molecule has 0 aliphatic carbocycles. The van der Waals surface area contributed by atoms with Crippen molar-refractivity contribution in [2.75, 3.05) is 27.2 Å². The molecule has 3 rings (SSSR count). The first-order valence-electron chi connectivity index (χ1n) is 10.00. The number of amides is 1. The van der Waals surface area contributed by atoms with Gasteiger partial charge in [0.05, 0.1) is 9.79 Å². The first-order valence-corrected chi connectivity index (χ1v) is 12.9. The van der Waals surface area contributed by atoms with Crippen LogP contribution in [-0.2, 0) is 31.3 Å². The topological polar surface area (TPSA) is 104 Å². The van der Waals surface area contributed by atoms with Crippen molar-refractivity contribution in [3.05, 3.63) is 60.2 Å². The Bertz CT molecular complexity index is 1120. The summed E-state index contributed by atoms with van der Waals surface area (Å²) < 4.78 is 52.9. The highest BCUT2D eigenvalue weighted by Crippen LogP contribution is 2.27. The molecule has 0 bridgehead atoms. The molecule has 0 saturated carbocycles. The van der Waals surface area contributed by atoms with Crippen LogP contribution in [-0.4, -0.2) is 64.6 Å². The van der Waals surface area contributed by atoms with Gasteiger partial charge in [-0.1, -0.05) is 30.3 Å². The van der Waals surface area contributed by atoms with E-state index in [1.165, 1.54) is 42.7 Å². The Morgan fingerprint density at radius 2 is 1.61 bits per heavy atom. The normalized spacial score (nSPS) is 17.7. The fourth-order valence-electron chi connectivity index (χ4n) is 3.51. The van der Waals surface area contributed by atoms with Gasteiger partial charge in [-0.3, -0.25) is 4.79 Å². The van der Waals surface area contributed by atoms with E-state index in [2.05, 4.69) is 5.32 Å². The highest BCUT2D eigenvalue weighted by molar-refractivity contribution is 7.89. The molecule has 1 atom stereocenters. The zero-order chi connectivity index (χ0) is 22.6. The molecular formula is C21H27N3O5S2. The maximum atomic E-state index is 13.1. The van der Waals surface area contributed by atoms with Crippen molar-refractivity contribution in [3.63, 3.8) is 0 Å². The Hall–Kier alpha value is -2.27. The molecule has 10 heteroatoms. The van der Waals surface area contributed by atoms with Crippen LogP contribution in [0, 0.1) is 0 Å². The van der Waals surface area contributed by atoms with Gasteiger partial charge in [0.15, 0.2) is 0 Å². The Labute approximate surface area is 184 Å². The van der Waals surface area contributed by atoms with E-state index in [4.69, 9.17) is 0 Å². The van der Waals surface area contributed by atoms with E-state index < -0.39 is 26.1 Å². The third kappa shape index (κ3) is 5.15. The minimum absolute atomic E-state index is 0.00748. The predicted molar refractivity (Wildman–Crippen MR) is 117 cm³/mol. The van der Waals surface area contributed by atoms with Crippen LogP contribution < -0.4 is 5.32 Å². The third-order valence-corrected chi connectivity index (χ3v) is 9.02. The summed E-state index contributed by atoms with van der Waals surface area (Å²) >= 11 is 0. The molecule has 1 heterocycles. The van der Waals surface area contributed by atoms with Crippen LogP contribution in [0.1, 0.15) is 18.4 Å². The van der Waals surface area contributed by atoms with Gasteiger partial charge >= 0.3 is 0 Å². The van der Waals surface area contributed by atoms with E-state index >= 15 is 0 Å². The van der Waals surface area contributed by atoms with Gasteiger partial charge in [-0.25, -0.2) is 21.1 Å². The predicted octanol–water partition coefficient (Wildman–Crippen LogP) is 1.45. The Kier molecular flexibility index (Phi) is 7.15. The SMILES string of the molecule is CN(C)S(=O)(=O)c1ccc(S(=O)(=O)N2CCCC2C(=O)NCCc2ccccc2)cc1. The van der Waals surface area contributed by atoms with Gasteiger partial charge in [-0.2, -0.15) is 4.31 Å². The maximum absolute atomic E-state index is 13.1. The molecular weight excluding hydrogens is 438 g/mol. The first kappa shape index (κ1) is 23.4. The van der Waals surface area contributed by atoms with Crippen LogP contribution >= 0.6 is 0 Å². The van der Waals surface area contributed by atoms with Gasteiger partial charge in [0.25, 0.3) is 0 Å². The van der Waals surface area contributed by atoms with Crippen molar-refractivity contribution in [1.82, 2.24) is 13.9 Å². The van der Waals surface area contributed by atoms with E-state index in [9.17, 15) is 21.6 Å². The summed E-state index contributed by atoms with van der Waals surface area (Å²) in [5.74, 6) is -0.316. The molecule has 2 aromatic rings. The number of benzene rings is 2. The number of rotatable bonds is 8. The molecule has 1 saturated heterocycles. The van der Waals surface area contributed by atoms with Crippen LogP contribution in [0.15, 0.2) is 64.4 Å². The number of sulfonamides is 2. The largest absolute Gasteiger partial charge is 0.354 e. The van der Waals surface area contributed by atoms with Gasteiger partial charge in [0.1, 0.15) is 6.04 Å². The van der Waals surface area contributed by atoms with Crippen LogP contribution in [0.25, 0.3) is 0 Å². The molecule has 2 aromatic carbocycles. The van der Waals surface area contributed by atoms with Crippen molar-refractivity contribution in [3.8, 4) is 0 Å². The number of carbonyl (C=O) groups excluding carboxylic acids is 1. The molecule has 1 amide bonds. The van der Waals surface area contributed by atoms with Crippen LogP contribution in [0.4, 0.5) is 0 Å². The van der Waals surface area contributed by atoms with E-state index in [-0.39, 0.29) is 22.2 Å². The number of nitrogens with one attached hydrogen (secondary N) is 1. The summed E-state index contributed by atoms with van der Waals surface area (Å²) in [5, 5.41) is 2.84. The second kappa shape index (κ2) is 9.47. The van der Waals surface area contributed by atoms with Gasteiger partial charge in [-0.15, -0.1) is 0 Å². The number of hydrogen-bond acceptors (Lipinski definition) is 5. The van der Waals surface area contributed by atoms with Gasteiger partial charge in [0, 0.05) is 27.2 Å². The molecule has 0 spiro atoms. The molecule has 1 fully saturated rings. The highest BCUT2D eigenvalue weighted by atomic mass is 32.2. The summed E-state index contributed by atoms with van der Waals surface area (Å²) in [6.45, 7) is 0.668. The molecule has 1 aliphatic rings. The maximum Gasteiger partial charge on any atom is 0.243 e. The van der Waals surface area contributed by atoms with E-state index in [0.29, 0.717) is 25.8 Å². The number of hydrogen-bond donors (Lipinski definition) is 1. The van der Waals surface area contributed by atoms with E-state index in [1.807, 2.05) is 30.3 Å². The Balaban J connectivity index is 1.70. The fraction of sp³-hybridized carbons (Fsp3) is 0.381. The lowest BCUT2D eigenvalue weighted by molar-refractivity contribution is -0.124. The monoisotopic (exact) mass is 465 g/mol. The van der Waals surface area contributed by atoms with Crippen molar-refractivity contribution in [1.29, 1.82) is 0 Å². The molecule has 31 heavy (non-hydrogen) atoms.